The Balaban J connectivity index is 1.72. The fraction of sp³-hybridized carbons (Fsp3) is 0.267. The minimum atomic E-state index is 0.204. The first-order chi connectivity index (χ1) is 9.22. The molecule has 0 spiro atoms. The van der Waals surface area contributed by atoms with E-state index in [0.29, 0.717) is 13.0 Å². The van der Waals surface area contributed by atoms with Gasteiger partial charge in [0.15, 0.2) is 0 Å². The van der Waals surface area contributed by atoms with Gasteiger partial charge in [0.25, 0.3) is 0 Å². The van der Waals surface area contributed by atoms with Gasteiger partial charge in [-0.05, 0) is 41.1 Å². The van der Waals surface area contributed by atoms with E-state index in [1.54, 1.807) is 11.3 Å². The standard InChI is InChI=1S/C15H16N2OS/c16-13-4-3-11-5-6-17(10-12(11)8-13)15(18)9-14-2-1-7-19-14/h1-4,7-8H,5-6,9-10,16H2. The molecule has 0 bridgehead atoms. The van der Waals surface area contributed by atoms with Gasteiger partial charge in [-0.1, -0.05) is 12.1 Å². The van der Waals surface area contributed by atoms with E-state index in [-0.39, 0.29) is 5.91 Å². The number of thiophene rings is 1. The van der Waals surface area contributed by atoms with Gasteiger partial charge in [-0.25, -0.2) is 0 Å². The Morgan fingerprint density at radius 3 is 3.00 bits per heavy atom. The van der Waals surface area contributed by atoms with E-state index in [4.69, 9.17) is 5.73 Å². The Kier molecular flexibility index (Phi) is 3.25. The van der Waals surface area contributed by atoms with Crippen LogP contribution in [-0.4, -0.2) is 17.4 Å². The third kappa shape index (κ3) is 2.63. The van der Waals surface area contributed by atoms with Gasteiger partial charge < -0.3 is 10.6 Å². The van der Waals surface area contributed by atoms with Crippen LogP contribution in [0.4, 0.5) is 5.69 Å². The van der Waals surface area contributed by atoms with Crippen LogP contribution in [0.2, 0.25) is 0 Å². The highest BCUT2D eigenvalue weighted by atomic mass is 32.1. The molecular weight excluding hydrogens is 256 g/mol. The molecule has 3 rings (SSSR count). The van der Waals surface area contributed by atoms with Crippen molar-refractivity contribution in [2.75, 3.05) is 12.3 Å². The average Bonchev–Trinajstić information content (AvgIpc) is 2.90. The molecule has 0 saturated heterocycles. The Labute approximate surface area is 116 Å². The molecule has 1 aromatic heterocycles. The van der Waals surface area contributed by atoms with Gasteiger partial charge in [-0.15, -0.1) is 11.3 Å². The summed E-state index contributed by atoms with van der Waals surface area (Å²) >= 11 is 1.64. The van der Waals surface area contributed by atoms with Gasteiger partial charge >= 0.3 is 0 Å². The summed E-state index contributed by atoms with van der Waals surface area (Å²) in [6.07, 6.45) is 1.43. The Hall–Kier alpha value is -1.81. The maximum atomic E-state index is 12.3. The lowest BCUT2D eigenvalue weighted by atomic mass is 9.99. The van der Waals surface area contributed by atoms with E-state index in [1.807, 2.05) is 34.5 Å². The molecule has 2 heterocycles. The number of hydrogen-bond donors (Lipinski definition) is 1. The number of rotatable bonds is 2. The third-order valence-corrected chi connectivity index (χ3v) is 4.38. The number of carbonyl (C=O) groups excluding carboxylic acids is 1. The molecule has 0 unspecified atom stereocenters. The highest BCUT2D eigenvalue weighted by Crippen LogP contribution is 2.22. The number of fused-ring (bicyclic) bond motifs is 1. The third-order valence-electron chi connectivity index (χ3n) is 3.50. The Bertz CT molecular complexity index is 592. The summed E-state index contributed by atoms with van der Waals surface area (Å²) in [6, 6.07) is 9.99. The predicted octanol–water partition coefficient (Wildman–Crippen LogP) is 2.46. The molecule has 0 saturated carbocycles. The zero-order valence-corrected chi connectivity index (χ0v) is 11.5. The minimum Gasteiger partial charge on any atom is -0.399 e. The van der Waals surface area contributed by atoms with Crippen molar-refractivity contribution < 1.29 is 4.79 Å². The van der Waals surface area contributed by atoms with E-state index >= 15 is 0 Å². The largest absolute Gasteiger partial charge is 0.399 e. The number of nitrogens with zero attached hydrogens (tertiary/aromatic N) is 1. The van der Waals surface area contributed by atoms with Crippen LogP contribution in [0.15, 0.2) is 35.7 Å². The second-order valence-electron chi connectivity index (χ2n) is 4.85. The van der Waals surface area contributed by atoms with E-state index in [0.717, 1.165) is 23.5 Å². The maximum Gasteiger partial charge on any atom is 0.228 e. The zero-order chi connectivity index (χ0) is 13.2. The molecular formula is C15H16N2OS. The molecule has 1 aromatic carbocycles. The van der Waals surface area contributed by atoms with Crippen molar-refractivity contribution in [1.29, 1.82) is 0 Å². The van der Waals surface area contributed by atoms with Crippen LogP contribution in [0.3, 0.4) is 0 Å². The number of carbonyl (C=O) groups is 1. The van der Waals surface area contributed by atoms with Crippen molar-refractivity contribution in [3.05, 3.63) is 51.7 Å². The van der Waals surface area contributed by atoms with Crippen LogP contribution in [0.25, 0.3) is 0 Å². The summed E-state index contributed by atoms with van der Waals surface area (Å²) < 4.78 is 0. The first-order valence-corrected chi connectivity index (χ1v) is 7.28. The first kappa shape index (κ1) is 12.2. The van der Waals surface area contributed by atoms with Gasteiger partial charge in [-0.3, -0.25) is 4.79 Å². The summed E-state index contributed by atoms with van der Waals surface area (Å²) in [7, 11) is 0. The van der Waals surface area contributed by atoms with Crippen LogP contribution in [-0.2, 0) is 24.2 Å². The smallest absolute Gasteiger partial charge is 0.228 e. The van der Waals surface area contributed by atoms with Crippen molar-refractivity contribution in [3.63, 3.8) is 0 Å². The fourth-order valence-corrected chi connectivity index (χ4v) is 3.16. The normalized spacial score (nSPS) is 14.2. The van der Waals surface area contributed by atoms with E-state index in [9.17, 15) is 4.79 Å². The Morgan fingerprint density at radius 1 is 1.32 bits per heavy atom. The second kappa shape index (κ2) is 5.05. The van der Waals surface area contributed by atoms with Gasteiger partial charge in [0.2, 0.25) is 5.91 Å². The van der Waals surface area contributed by atoms with Crippen molar-refractivity contribution in [2.24, 2.45) is 0 Å². The monoisotopic (exact) mass is 272 g/mol. The minimum absolute atomic E-state index is 0.204. The number of amides is 1. The lowest BCUT2D eigenvalue weighted by Gasteiger charge is -2.29. The summed E-state index contributed by atoms with van der Waals surface area (Å²) in [5.74, 6) is 0.204. The SMILES string of the molecule is Nc1ccc2c(c1)CN(C(=O)Cc1cccs1)CC2. The van der Waals surface area contributed by atoms with Gasteiger partial charge in [0, 0.05) is 23.7 Å². The van der Waals surface area contributed by atoms with Gasteiger partial charge in [0.1, 0.15) is 0 Å². The lowest BCUT2D eigenvalue weighted by Crippen LogP contribution is -2.36. The highest BCUT2D eigenvalue weighted by Gasteiger charge is 2.20. The molecule has 1 aliphatic heterocycles. The first-order valence-electron chi connectivity index (χ1n) is 6.40. The molecule has 0 radical (unpaired) electrons. The zero-order valence-electron chi connectivity index (χ0n) is 10.6. The fourth-order valence-electron chi connectivity index (χ4n) is 2.46. The average molecular weight is 272 g/mol. The number of benzene rings is 1. The van der Waals surface area contributed by atoms with Crippen molar-refractivity contribution in [1.82, 2.24) is 4.90 Å². The summed E-state index contributed by atoms with van der Waals surface area (Å²) in [4.78, 5) is 15.3. The van der Waals surface area contributed by atoms with E-state index in [1.165, 1.54) is 11.1 Å². The van der Waals surface area contributed by atoms with Crippen molar-refractivity contribution >= 4 is 22.9 Å². The molecule has 98 valence electrons. The number of hydrogen-bond acceptors (Lipinski definition) is 3. The van der Waals surface area contributed by atoms with Crippen molar-refractivity contribution in [3.8, 4) is 0 Å². The maximum absolute atomic E-state index is 12.3. The highest BCUT2D eigenvalue weighted by molar-refractivity contribution is 7.10. The number of anilines is 1. The van der Waals surface area contributed by atoms with E-state index < -0.39 is 0 Å². The van der Waals surface area contributed by atoms with E-state index in [2.05, 4.69) is 6.07 Å². The predicted molar refractivity (Wildman–Crippen MR) is 78.0 cm³/mol. The molecule has 0 atom stereocenters. The number of nitrogens with two attached hydrogens (primary N) is 1. The van der Waals surface area contributed by atoms with Crippen LogP contribution in [0, 0.1) is 0 Å². The molecule has 2 N–H and O–H groups in total. The molecule has 0 fully saturated rings. The quantitative estimate of drug-likeness (QED) is 0.854. The Morgan fingerprint density at radius 2 is 2.21 bits per heavy atom. The topological polar surface area (TPSA) is 46.3 Å². The number of nitrogen functional groups attached to an aromatic ring is 1. The molecule has 2 aromatic rings. The molecule has 3 nitrogen and oxygen atoms in total. The van der Waals surface area contributed by atoms with Crippen molar-refractivity contribution in [2.45, 2.75) is 19.4 Å². The van der Waals surface area contributed by atoms with Crippen LogP contribution in [0.1, 0.15) is 16.0 Å². The molecule has 0 aliphatic carbocycles. The van der Waals surface area contributed by atoms with Crippen LogP contribution < -0.4 is 5.73 Å². The van der Waals surface area contributed by atoms with Crippen LogP contribution >= 0.6 is 11.3 Å². The molecule has 1 aliphatic rings. The van der Waals surface area contributed by atoms with Gasteiger partial charge in [-0.2, -0.15) is 0 Å². The summed E-state index contributed by atoms with van der Waals surface area (Å²) in [5.41, 5.74) is 9.08. The van der Waals surface area contributed by atoms with Crippen LogP contribution in [0.5, 0.6) is 0 Å². The summed E-state index contributed by atoms with van der Waals surface area (Å²) in [5, 5.41) is 2.01. The summed E-state index contributed by atoms with van der Waals surface area (Å²) in [6.45, 7) is 1.49. The van der Waals surface area contributed by atoms with Gasteiger partial charge in [0.05, 0.1) is 6.42 Å². The molecule has 1 amide bonds. The lowest BCUT2D eigenvalue weighted by molar-refractivity contribution is -0.131. The molecule has 19 heavy (non-hydrogen) atoms. The second-order valence-corrected chi connectivity index (χ2v) is 5.88. The molecule has 4 heteroatoms.